The predicted molar refractivity (Wildman–Crippen MR) is 91.6 cm³/mol. The molecule has 4 aromatic rings. The highest BCUT2D eigenvalue weighted by atomic mass is 16.5. The molecule has 0 aliphatic carbocycles. The van der Waals surface area contributed by atoms with Gasteiger partial charge in [-0.05, 0) is 45.4 Å². The van der Waals surface area contributed by atoms with Crippen molar-refractivity contribution in [3.05, 3.63) is 47.5 Å². The van der Waals surface area contributed by atoms with Crippen LogP contribution in [0.2, 0.25) is 0 Å². The van der Waals surface area contributed by atoms with Crippen LogP contribution in [-0.2, 0) is 0 Å². The van der Waals surface area contributed by atoms with Crippen molar-refractivity contribution in [2.75, 3.05) is 0 Å². The number of aryl methyl sites for hydroxylation is 4. The maximum atomic E-state index is 5.32. The van der Waals surface area contributed by atoms with E-state index in [-0.39, 0.29) is 0 Å². The first-order chi connectivity index (χ1) is 11.5. The molecule has 0 aliphatic rings. The van der Waals surface area contributed by atoms with Crippen LogP contribution in [0.25, 0.3) is 33.4 Å². The van der Waals surface area contributed by atoms with Crippen LogP contribution in [0, 0.1) is 27.7 Å². The lowest BCUT2D eigenvalue weighted by Crippen LogP contribution is -1.91. The second-order valence-electron chi connectivity index (χ2n) is 5.98. The van der Waals surface area contributed by atoms with E-state index in [1.165, 1.54) is 0 Å². The van der Waals surface area contributed by atoms with Crippen molar-refractivity contribution in [1.29, 1.82) is 0 Å². The number of nitrogens with zero attached hydrogens (tertiary/aromatic N) is 4. The lowest BCUT2D eigenvalue weighted by molar-refractivity contribution is 0.393. The molecule has 0 radical (unpaired) electrons. The van der Waals surface area contributed by atoms with Gasteiger partial charge < -0.3 is 9.51 Å². The quantitative estimate of drug-likeness (QED) is 0.606. The van der Waals surface area contributed by atoms with Crippen molar-refractivity contribution < 1.29 is 4.52 Å². The van der Waals surface area contributed by atoms with Gasteiger partial charge in [0.25, 0.3) is 0 Å². The molecule has 1 aromatic carbocycles. The summed E-state index contributed by atoms with van der Waals surface area (Å²) in [6.45, 7) is 7.73. The molecule has 24 heavy (non-hydrogen) atoms. The Kier molecular flexibility index (Phi) is 3.19. The first kappa shape index (κ1) is 14.6. The Bertz CT molecular complexity index is 1020. The van der Waals surface area contributed by atoms with Gasteiger partial charge in [-0.25, -0.2) is 4.98 Å². The highest BCUT2D eigenvalue weighted by molar-refractivity contribution is 5.95. The normalized spacial score (nSPS) is 11.3. The van der Waals surface area contributed by atoms with E-state index >= 15 is 0 Å². The molecule has 0 fully saturated rings. The number of benzene rings is 1. The van der Waals surface area contributed by atoms with E-state index in [1.54, 1.807) is 12.4 Å². The number of nitrogens with one attached hydrogen (secondary N) is 1. The fourth-order valence-electron chi connectivity index (χ4n) is 3.01. The molecule has 120 valence electrons. The second-order valence-corrected chi connectivity index (χ2v) is 5.98. The van der Waals surface area contributed by atoms with Crippen molar-refractivity contribution >= 4 is 11.0 Å². The van der Waals surface area contributed by atoms with Gasteiger partial charge in [0.1, 0.15) is 11.6 Å². The summed E-state index contributed by atoms with van der Waals surface area (Å²) in [6.07, 6.45) is 3.55. The molecule has 1 N–H and O–H groups in total. The highest BCUT2D eigenvalue weighted by Gasteiger charge is 2.17. The number of hydrogen-bond donors (Lipinski definition) is 1. The lowest BCUT2D eigenvalue weighted by atomic mass is 9.99. The van der Waals surface area contributed by atoms with Gasteiger partial charge in [-0.1, -0.05) is 5.16 Å². The first-order valence-electron chi connectivity index (χ1n) is 7.75. The molecule has 0 unspecified atom stereocenters. The minimum absolute atomic E-state index is 0.795. The summed E-state index contributed by atoms with van der Waals surface area (Å²) < 4.78 is 5.32. The molecule has 0 amide bonds. The van der Waals surface area contributed by atoms with E-state index in [9.17, 15) is 0 Å². The summed E-state index contributed by atoms with van der Waals surface area (Å²) >= 11 is 0. The highest BCUT2D eigenvalue weighted by Crippen LogP contribution is 2.34. The van der Waals surface area contributed by atoms with Crippen LogP contribution in [0.15, 0.2) is 29.0 Å². The number of fused-ring (bicyclic) bond motifs is 1. The summed E-state index contributed by atoms with van der Waals surface area (Å²) in [5.74, 6) is 1.66. The van der Waals surface area contributed by atoms with Crippen molar-refractivity contribution in [1.82, 2.24) is 25.1 Å². The molecule has 4 rings (SSSR count). The number of H-pyrrole nitrogens is 1. The minimum Gasteiger partial charge on any atom is -0.361 e. The van der Waals surface area contributed by atoms with Crippen LogP contribution in [0.5, 0.6) is 0 Å². The molecule has 0 saturated heterocycles. The summed E-state index contributed by atoms with van der Waals surface area (Å²) in [5.41, 5.74) is 7.37. The number of aromatic nitrogens is 5. The third-order valence-electron chi connectivity index (χ3n) is 4.08. The molecular weight excluding hydrogens is 302 g/mol. The van der Waals surface area contributed by atoms with Crippen molar-refractivity contribution in [2.24, 2.45) is 0 Å². The monoisotopic (exact) mass is 319 g/mol. The van der Waals surface area contributed by atoms with E-state index in [1.807, 2.05) is 27.7 Å². The first-order valence-corrected chi connectivity index (χ1v) is 7.75. The van der Waals surface area contributed by atoms with Crippen molar-refractivity contribution in [3.8, 4) is 22.4 Å². The van der Waals surface area contributed by atoms with Gasteiger partial charge in [0.2, 0.25) is 0 Å². The summed E-state index contributed by atoms with van der Waals surface area (Å²) in [4.78, 5) is 16.8. The van der Waals surface area contributed by atoms with Crippen LogP contribution < -0.4 is 0 Å². The van der Waals surface area contributed by atoms with Gasteiger partial charge >= 0.3 is 0 Å². The third kappa shape index (κ3) is 2.27. The molecule has 3 aromatic heterocycles. The van der Waals surface area contributed by atoms with Crippen LogP contribution >= 0.6 is 0 Å². The second kappa shape index (κ2) is 5.26. The smallest absolute Gasteiger partial charge is 0.141 e. The number of rotatable bonds is 2. The van der Waals surface area contributed by atoms with E-state index in [0.717, 1.165) is 56.4 Å². The van der Waals surface area contributed by atoms with Gasteiger partial charge in [0, 0.05) is 17.3 Å². The predicted octanol–water partition coefficient (Wildman–Crippen LogP) is 3.91. The fourth-order valence-corrected chi connectivity index (χ4v) is 3.01. The SMILES string of the molecule is Cc1cnc(-c2cc(-c3c(C)noc3C)cc3[nH]c(C)nc23)cn1. The summed E-state index contributed by atoms with van der Waals surface area (Å²) in [5, 5.41) is 4.06. The Morgan fingerprint density at radius 1 is 1.00 bits per heavy atom. The van der Waals surface area contributed by atoms with Gasteiger partial charge in [-0.3, -0.25) is 9.97 Å². The zero-order valence-electron chi connectivity index (χ0n) is 14.0. The van der Waals surface area contributed by atoms with Crippen LogP contribution in [0.3, 0.4) is 0 Å². The van der Waals surface area contributed by atoms with Gasteiger partial charge in [-0.15, -0.1) is 0 Å². The molecule has 0 bridgehead atoms. The third-order valence-corrected chi connectivity index (χ3v) is 4.08. The van der Waals surface area contributed by atoms with Gasteiger partial charge in [0.05, 0.1) is 34.3 Å². The van der Waals surface area contributed by atoms with Crippen LogP contribution in [0.1, 0.15) is 23.0 Å². The number of hydrogen-bond acceptors (Lipinski definition) is 5. The van der Waals surface area contributed by atoms with E-state index in [4.69, 9.17) is 4.52 Å². The summed E-state index contributed by atoms with van der Waals surface area (Å²) in [6, 6.07) is 4.15. The molecule has 6 heteroatoms. The van der Waals surface area contributed by atoms with E-state index in [2.05, 4.69) is 37.2 Å². The molecule has 3 heterocycles. The van der Waals surface area contributed by atoms with E-state index in [0.29, 0.717) is 0 Å². The zero-order valence-corrected chi connectivity index (χ0v) is 14.0. The van der Waals surface area contributed by atoms with Crippen LogP contribution in [-0.4, -0.2) is 25.1 Å². The largest absolute Gasteiger partial charge is 0.361 e. The number of aromatic amines is 1. The molecule has 0 atom stereocenters. The zero-order chi connectivity index (χ0) is 16.8. The Morgan fingerprint density at radius 2 is 1.83 bits per heavy atom. The Hall–Kier alpha value is -3.02. The molecule has 0 aliphatic heterocycles. The Morgan fingerprint density at radius 3 is 2.50 bits per heavy atom. The fraction of sp³-hybridized carbons (Fsp3) is 0.222. The Balaban J connectivity index is 2.03. The average Bonchev–Trinajstić information content (AvgIpc) is 3.08. The van der Waals surface area contributed by atoms with Crippen LogP contribution in [0.4, 0.5) is 0 Å². The number of imidazole rings is 1. The minimum atomic E-state index is 0.795. The lowest BCUT2D eigenvalue weighted by Gasteiger charge is -2.07. The molecule has 6 nitrogen and oxygen atoms in total. The molecule has 0 spiro atoms. The maximum absolute atomic E-state index is 5.32. The maximum Gasteiger partial charge on any atom is 0.141 e. The summed E-state index contributed by atoms with van der Waals surface area (Å²) in [7, 11) is 0. The van der Waals surface area contributed by atoms with Crippen molar-refractivity contribution in [3.63, 3.8) is 0 Å². The van der Waals surface area contributed by atoms with Gasteiger partial charge in [-0.2, -0.15) is 0 Å². The standard InChI is InChI=1S/C18H17N5O/c1-9-7-20-16(8-19-9)14-5-13(17-10(2)23-24-11(17)3)6-15-18(14)22-12(4)21-15/h5-8H,1-4H3,(H,21,22). The van der Waals surface area contributed by atoms with Gasteiger partial charge in [0.15, 0.2) is 0 Å². The Labute approximate surface area is 139 Å². The van der Waals surface area contributed by atoms with E-state index < -0.39 is 0 Å². The topological polar surface area (TPSA) is 80.5 Å². The molecule has 0 saturated carbocycles. The average molecular weight is 319 g/mol. The van der Waals surface area contributed by atoms with Crippen molar-refractivity contribution in [2.45, 2.75) is 27.7 Å². The molecular formula is C18H17N5O.